The van der Waals surface area contributed by atoms with Crippen LogP contribution in [0.15, 0.2) is 27.4 Å². The Bertz CT molecular complexity index is 447. The van der Waals surface area contributed by atoms with Gasteiger partial charge in [-0.2, -0.15) is 0 Å². The Balaban J connectivity index is 2.10. The molecule has 0 aliphatic rings. The molecule has 0 fully saturated rings. The third-order valence-corrected chi connectivity index (χ3v) is 5.09. The summed E-state index contributed by atoms with van der Waals surface area (Å²) in [5.41, 5.74) is 7.49. The molecule has 2 heterocycles. The number of hydrogen-bond donors (Lipinski definition) is 1. The standard InChI is InChI=1S/C11H12BrNS2/c1-7-4-5-14-11(7)9(13)6-8-2-3-10(12)15-8/h2-5,9H,6,13H2,1H3. The number of thiophene rings is 2. The summed E-state index contributed by atoms with van der Waals surface area (Å²) in [6.45, 7) is 2.12. The molecule has 0 saturated heterocycles. The zero-order valence-corrected chi connectivity index (χ0v) is 11.6. The van der Waals surface area contributed by atoms with Crippen LogP contribution in [0.2, 0.25) is 0 Å². The average Bonchev–Trinajstić information content (AvgIpc) is 2.75. The van der Waals surface area contributed by atoms with Crippen molar-refractivity contribution in [1.29, 1.82) is 0 Å². The van der Waals surface area contributed by atoms with Gasteiger partial charge in [-0.25, -0.2) is 0 Å². The molecule has 80 valence electrons. The van der Waals surface area contributed by atoms with Gasteiger partial charge in [-0.3, -0.25) is 0 Å². The number of halogens is 1. The van der Waals surface area contributed by atoms with Gasteiger partial charge in [0.25, 0.3) is 0 Å². The lowest BCUT2D eigenvalue weighted by molar-refractivity contribution is 0.741. The lowest BCUT2D eigenvalue weighted by Gasteiger charge is -2.09. The summed E-state index contributed by atoms with van der Waals surface area (Å²) in [6, 6.07) is 6.48. The highest BCUT2D eigenvalue weighted by Crippen LogP contribution is 2.29. The van der Waals surface area contributed by atoms with Gasteiger partial charge in [-0.15, -0.1) is 22.7 Å². The number of nitrogens with two attached hydrogens (primary N) is 1. The van der Waals surface area contributed by atoms with Crippen LogP contribution in [0.3, 0.4) is 0 Å². The number of hydrogen-bond acceptors (Lipinski definition) is 3. The van der Waals surface area contributed by atoms with Gasteiger partial charge in [0.1, 0.15) is 0 Å². The van der Waals surface area contributed by atoms with Crippen LogP contribution < -0.4 is 5.73 Å². The predicted molar refractivity (Wildman–Crippen MR) is 71.7 cm³/mol. The Morgan fingerprint density at radius 3 is 2.73 bits per heavy atom. The molecule has 0 bridgehead atoms. The maximum absolute atomic E-state index is 6.18. The monoisotopic (exact) mass is 301 g/mol. The molecule has 1 atom stereocenters. The summed E-state index contributed by atoms with van der Waals surface area (Å²) in [5, 5.41) is 2.11. The van der Waals surface area contributed by atoms with Gasteiger partial charge < -0.3 is 5.73 Å². The van der Waals surface area contributed by atoms with Crippen molar-refractivity contribution in [2.75, 3.05) is 0 Å². The van der Waals surface area contributed by atoms with Gasteiger partial charge in [-0.1, -0.05) is 0 Å². The van der Waals surface area contributed by atoms with E-state index in [1.165, 1.54) is 19.1 Å². The summed E-state index contributed by atoms with van der Waals surface area (Å²) in [5.74, 6) is 0. The van der Waals surface area contributed by atoms with Gasteiger partial charge in [0.2, 0.25) is 0 Å². The zero-order valence-electron chi connectivity index (χ0n) is 8.37. The molecule has 0 aliphatic carbocycles. The van der Waals surface area contributed by atoms with Crippen molar-refractivity contribution in [3.63, 3.8) is 0 Å². The predicted octanol–water partition coefficient (Wildman–Crippen LogP) is 4.12. The first-order valence-electron chi connectivity index (χ1n) is 4.70. The summed E-state index contributed by atoms with van der Waals surface area (Å²) >= 11 is 6.98. The molecule has 0 amide bonds. The Hall–Kier alpha value is -0.160. The van der Waals surface area contributed by atoms with Crippen LogP contribution in [0.1, 0.15) is 21.4 Å². The van der Waals surface area contributed by atoms with E-state index < -0.39 is 0 Å². The van der Waals surface area contributed by atoms with Crippen LogP contribution in [0.25, 0.3) is 0 Å². The van der Waals surface area contributed by atoms with Crippen LogP contribution >= 0.6 is 38.6 Å². The summed E-state index contributed by atoms with van der Waals surface area (Å²) < 4.78 is 1.17. The molecular weight excluding hydrogens is 290 g/mol. The van der Waals surface area contributed by atoms with E-state index in [9.17, 15) is 0 Å². The molecule has 0 saturated carbocycles. The average molecular weight is 302 g/mol. The molecule has 2 N–H and O–H groups in total. The highest BCUT2D eigenvalue weighted by Gasteiger charge is 2.12. The molecule has 15 heavy (non-hydrogen) atoms. The third-order valence-electron chi connectivity index (χ3n) is 2.29. The molecule has 2 rings (SSSR count). The molecule has 2 aromatic rings. The Labute approximate surface area is 106 Å². The first-order chi connectivity index (χ1) is 7.16. The minimum absolute atomic E-state index is 0.135. The van der Waals surface area contributed by atoms with E-state index in [2.05, 4.69) is 46.4 Å². The summed E-state index contributed by atoms with van der Waals surface area (Å²) in [4.78, 5) is 2.64. The molecule has 0 spiro atoms. The topological polar surface area (TPSA) is 26.0 Å². The van der Waals surface area contributed by atoms with Crippen molar-refractivity contribution >= 4 is 38.6 Å². The smallest absolute Gasteiger partial charge is 0.0701 e. The molecule has 0 aliphatic heterocycles. The minimum Gasteiger partial charge on any atom is -0.323 e. The van der Waals surface area contributed by atoms with Crippen molar-refractivity contribution in [3.05, 3.63) is 42.7 Å². The molecule has 1 unspecified atom stereocenters. The first-order valence-corrected chi connectivity index (χ1v) is 7.19. The van der Waals surface area contributed by atoms with Crippen LogP contribution in [0.4, 0.5) is 0 Å². The summed E-state index contributed by atoms with van der Waals surface area (Å²) in [6.07, 6.45) is 0.928. The van der Waals surface area contributed by atoms with E-state index in [1.807, 2.05) is 0 Å². The molecular formula is C11H12BrNS2. The Morgan fingerprint density at radius 2 is 2.20 bits per heavy atom. The van der Waals surface area contributed by atoms with Crippen molar-refractivity contribution in [2.45, 2.75) is 19.4 Å². The van der Waals surface area contributed by atoms with E-state index in [-0.39, 0.29) is 6.04 Å². The minimum atomic E-state index is 0.135. The maximum atomic E-state index is 6.18. The van der Waals surface area contributed by atoms with Crippen LogP contribution in [-0.4, -0.2) is 0 Å². The van der Waals surface area contributed by atoms with Crippen molar-refractivity contribution < 1.29 is 0 Å². The fraction of sp³-hybridized carbons (Fsp3) is 0.273. The maximum Gasteiger partial charge on any atom is 0.0701 e. The van der Waals surface area contributed by atoms with Gasteiger partial charge in [0.05, 0.1) is 3.79 Å². The molecule has 0 aromatic carbocycles. The highest BCUT2D eigenvalue weighted by atomic mass is 79.9. The molecule has 4 heteroatoms. The van der Waals surface area contributed by atoms with E-state index >= 15 is 0 Å². The van der Waals surface area contributed by atoms with Crippen LogP contribution in [-0.2, 0) is 6.42 Å². The third kappa shape index (κ3) is 2.69. The first kappa shape index (κ1) is 11.3. The van der Waals surface area contributed by atoms with E-state index in [4.69, 9.17) is 5.73 Å². The Morgan fingerprint density at radius 1 is 1.40 bits per heavy atom. The van der Waals surface area contributed by atoms with Gasteiger partial charge in [-0.05, 0) is 52.0 Å². The van der Waals surface area contributed by atoms with Crippen molar-refractivity contribution in [1.82, 2.24) is 0 Å². The van der Waals surface area contributed by atoms with E-state index in [0.717, 1.165) is 6.42 Å². The second kappa shape index (κ2) is 4.78. The fourth-order valence-corrected chi connectivity index (χ4v) is 4.01. The second-order valence-electron chi connectivity index (χ2n) is 3.48. The normalized spacial score (nSPS) is 13.0. The highest BCUT2D eigenvalue weighted by molar-refractivity contribution is 9.11. The van der Waals surface area contributed by atoms with Gasteiger partial charge in [0.15, 0.2) is 0 Å². The molecule has 2 aromatic heterocycles. The number of aryl methyl sites for hydroxylation is 1. The lowest BCUT2D eigenvalue weighted by Crippen LogP contribution is -2.11. The van der Waals surface area contributed by atoms with Gasteiger partial charge >= 0.3 is 0 Å². The quantitative estimate of drug-likeness (QED) is 0.906. The van der Waals surface area contributed by atoms with Crippen molar-refractivity contribution in [3.8, 4) is 0 Å². The largest absolute Gasteiger partial charge is 0.323 e. The number of rotatable bonds is 3. The lowest BCUT2D eigenvalue weighted by atomic mass is 10.1. The fourth-order valence-electron chi connectivity index (χ4n) is 1.54. The van der Waals surface area contributed by atoms with Crippen LogP contribution in [0.5, 0.6) is 0 Å². The van der Waals surface area contributed by atoms with Crippen molar-refractivity contribution in [2.24, 2.45) is 5.73 Å². The molecule has 0 radical (unpaired) electrons. The molecule has 1 nitrogen and oxygen atoms in total. The summed E-state index contributed by atoms with van der Waals surface area (Å²) in [7, 11) is 0. The van der Waals surface area contributed by atoms with Gasteiger partial charge in [0, 0.05) is 22.2 Å². The Kier molecular flexibility index (Phi) is 3.61. The SMILES string of the molecule is Cc1ccsc1C(N)Cc1ccc(Br)s1. The van der Waals surface area contributed by atoms with E-state index in [0.29, 0.717) is 0 Å². The second-order valence-corrected chi connectivity index (χ2v) is 6.98. The van der Waals surface area contributed by atoms with Crippen LogP contribution in [0, 0.1) is 6.92 Å². The van der Waals surface area contributed by atoms with E-state index in [1.54, 1.807) is 22.7 Å². The zero-order chi connectivity index (χ0) is 10.8.